The number of benzene rings is 1. The molecule has 1 N–H and O–H groups in total. The van der Waals surface area contributed by atoms with E-state index >= 15 is 0 Å². The van der Waals surface area contributed by atoms with Crippen LogP contribution < -0.4 is 4.74 Å². The highest BCUT2D eigenvalue weighted by molar-refractivity contribution is 5.85. The van der Waals surface area contributed by atoms with Gasteiger partial charge in [-0.2, -0.15) is 0 Å². The largest absolute Gasteiger partial charge is 0.487 e. The van der Waals surface area contributed by atoms with Crippen molar-refractivity contribution >= 4 is 5.97 Å². The van der Waals surface area contributed by atoms with Crippen molar-refractivity contribution < 1.29 is 14.6 Å². The molecule has 0 saturated heterocycles. The molecule has 0 unspecified atom stereocenters. The zero-order chi connectivity index (χ0) is 13.7. The van der Waals surface area contributed by atoms with Crippen LogP contribution in [-0.4, -0.2) is 16.1 Å². The van der Waals surface area contributed by atoms with Gasteiger partial charge < -0.3 is 9.84 Å². The molecule has 0 atom stereocenters. The number of ether oxygens (including phenoxy) is 1. The van der Waals surface area contributed by atoms with E-state index in [1.165, 1.54) is 17.8 Å². The van der Waals surface area contributed by atoms with Crippen molar-refractivity contribution in [3.05, 3.63) is 59.4 Å². The number of carboxylic acid groups (broad SMARTS) is 1. The van der Waals surface area contributed by atoms with E-state index in [-0.39, 0.29) is 5.69 Å². The highest BCUT2D eigenvalue weighted by atomic mass is 16.5. The second kappa shape index (κ2) is 6.00. The molecule has 0 radical (unpaired) electrons. The van der Waals surface area contributed by atoms with Gasteiger partial charge in [0.25, 0.3) is 0 Å². The summed E-state index contributed by atoms with van der Waals surface area (Å²) in [5.74, 6) is -0.480. The summed E-state index contributed by atoms with van der Waals surface area (Å²) in [6.45, 7) is 2.55. The van der Waals surface area contributed by atoms with Crippen LogP contribution in [0.2, 0.25) is 0 Å². The van der Waals surface area contributed by atoms with Gasteiger partial charge in [0.1, 0.15) is 18.1 Å². The van der Waals surface area contributed by atoms with E-state index in [4.69, 9.17) is 9.84 Å². The number of rotatable bonds is 5. The summed E-state index contributed by atoms with van der Waals surface area (Å²) in [5.41, 5.74) is 2.37. The van der Waals surface area contributed by atoms with Crippen LogP contribution in [0.3, 0.4) is 0 Å². The molecule has 0 spiro atoms. The first-order valence-electron chi connectivity index (χ1n) is 6.09. The molecular weight excluding hydrogens is 242 g/mol. The minimum Gasteiger partial charge on any atom is -0.487 e. The maximum Gasteiger partial charge on any atom is 0.354 e. The summed E-state index contributed by atoms with van der Waals surface area (Å²) in [4.78, 5) is 14.4. The number of aromatic nitrogens is 1. The fraction of sp³-hybridized carbons (Fsp3) is 0.200. The van der Waals surface area contributed by atoms with Crippen molar-refractivity contribution in [2.24, 2.45) is 0 Å². The van der Waals surface area contributed by atoms with E-state index in [0.717, 1.165) is 12.0 Å². The van der Waals surface area contributed by atoms with Crippen molar-refractivity contribution in [3.63, 3.8) is 0 Å². The van der Waals surface area contributed by atoms with Gasteiger partial charge >= 0.3 is 5.97 Å². The van der Waals surface area contributed by atoms with E-state index in [2.05, 4.69) is 24.0 Å². The maximum atomic E-state index is 10.6. The summed E-state index contributed by atoms with van der Waals surface area (Å²) < 4.78 is 5.54. The quantitative estimate of drug-likeness (QED) is 0.894. The first-order chi connectivity index (χ1) is 9.19. The highest BCUT2D eigenvalue weighted by Crippen LogP contribution is 2.12. The van der Waals surface area contributed by atoms with Crippen LogP contribution in [0.1, 0.15) is 28.5 Å². The SMILES string of the molecule is CCc1ccc(COc2ccc(C(=O)O)nc2)cc1. The smallest absolute Gasteiger partial charge is 0.354 e. The fourth-order valence-corrected chi connectivity index (χ4v) is 1.63. The summed E-state index contributed by atoms with van der Waals surface area (Å²) in [6.07, 6.45) is 2.44. The summed E-state index contributed by atoms with van der Waals surface area (Å²) in [6, 6.07) is 11.2. The van der Waals surface area contributed by atoms with E-state index in [1.807, 2.05) is 12.1 Å². The zero-order valence-electron chi connectivity index (χ0n) is 10.7. The molecule has 19 heavy (non-hydrogen) atoms. The molecule has 0 saturated carbocycles. The monoisotopic (exact) mass is 257 g/mol. The molecule has 0 aliphatic heterocycles. The van der Waals surface area contributed by atoms with Crippen LogP contribution in [0, 0.1) is 0 Å². The molecule has 0 amide bonds. The van der Waals surface area contributed by atoms with Crippen LogP contribution in [0.15, 0.2) is 42.6 Å². The zero-order valence-corrected chi connectivity index (χ0v) is 10.7. The molecule has 1 aromatic carbocycles. The number of carbonyl (C=O) groups is 1. The lowest BCUT2D eigenvalue weighted by Crippen LogP contribution is -2.01. The number of pyridine rings is 1. The van der Waals surface area contributed by atoms with Gasteiger partial charge in [-0.15, -0.1) is 0 Å². The number of hydrogen-bond acceptors (Lipinski definition) is 3. The average molecular weight is 257 g/mol. The van der Waals surface area contributed by atoms with Gasteiger partial charge in [-0.05, 0) is 29.7 Å². The fourth-order valence-electron chi connectivity index (χ4n) is 1.63. The number of aromatic carboxylic acids is 1. The number of carboxylic acids is 1. The second-order valence-corrected chi connectivity index (χ2v) is 4.14. The Morgan fingerprint density at radius 2 is 1.84 bits per heavy atom. The lowest BCUT2D eigenvalue weighted by molar-refractivity contribution is 0.0690. The van der Waals surface area contributed by atoms with Gasteiger partial charge in [0.15, 0.2) is 0 Å². The Labute approximate surface area is 111 Å². The second-order valence-electron chi connectivity index (χ2n) is 4.14. The molecule has 1 heterocycles. The molecule has 2 aromatic rings. The highest BCUT2D eigenvalue weighted by Gasteiger charge is 2.04. The normalized spacial score (nSPS) is 10.2. The predicted molar refractivity (Wildman–Crippen MR) is 71.3 cm³/mol. The molecule has 0 aliphatic rings. The molecule has 98 valence electrons. The third-order valence-electron chi connectivity index (χ3n) is 2.79. The van der Waals surface area contributed by atoms with Gasteiger partial charge in [0.2, 0.25) is 0 Å². The van der Waals surface area contributed by atoms with Gasteiger partial charge in [0, 0.05) is 0 Å². The Hall–Kier alpha value is -2.36. The van der Waals surface area contributed by atoms with E-state index < -0.39 is 5.97 Å². The third-order valence-corrected chi connectivity index (χ3v) is 2.79. The Morgan fingerprint density at radius 3 is 2.37 bits per heavy atom. The molecule has 0 bridgehead atoms. The lowest BCUT2D eigenvalue weighted by atomic mass is 10.1. The first-order valence-corrected chi connectivity index (χ1v) is 6.09. The Bertz CT molecular complexity index is 547. The molecular formula is C15H15NO3. The van der Waals surface area contributed by atoms with Crippen molar-refractivity contribution in [2.75, 3.05) is 0 Å². The van der Waals surface area contributed by atoms with Crippen LogP contribution in [-0.2, 0) is 13.0 Å². The van der Waals surface area contributed by atoms with Crippen molar-refractivity contribution in [1.29, 1.82) is 0 Å². The van der Waals surface area contributed by atoms with Crippen molar-refractivity contribution in [1.82, 2.24) is 4.98 Å². The van der Waals surface area contributed by atoms with Gasteiger partial charge in [-0.3, -0.25) is 0 Å². The van der Waals surface area contributed by atoms with Crippen LogP contribution in [0.5, 0.6) is 5.75 Å². The minimum absolute atomic E-state index is 0.0136. The van der Waals surface area contributed by atoms with Gasteiger partial charge in [0.05, 0.1) is 6.20 Å². The number of aryl methyl sites for hydroxylation is 1. The topological polar surface area (TPSA) is 59.4 Å². The molecule has 1 aromatic heterocycles. The standard InChI is InChI=1S/C15H15NO3/c1-2-11-3-5-12(6-4-11)10-19-13-7-8-14(15(17)18)16-9-13/h3-9H,2,10H2,1H3,(H,17,18). The van der Waals surface area contributed by atoms with E-state index in [9.17, 15) is 4.79 Å². The Balaban J connectivity index is 1.95. The average Bonchev–Trinajstić information content (AvgIpc) is 2.46. The number of hydrogen-bond donors (Lipinski definition) is 1. The Kier molecular flexibility index (Phi) is 4.13. The van der Waals surface area contributed by atoms with E-state index in [1.54, 1.807) is 6.07 Å². The molecule has 0 fully saturated rings. The van der Waals surface area contributed by atoms with E-state index in [0.29, 0.717) is 12.4 Å². The molecule has 4 heteroatoms. The van der Waals surface area contributed by atoms with Gasteiger partial charge in [-0.1, -0.05) is 31.2 Å². The molecule has 2 rings (SSSR count). The summed E-state index contributed by atoms with van der Waals surface area (Å²) in [7, 11) is 0. The number of nitrogens with zero attached hydrogens (tertiary/aromatic N) is 1. The summed E-state index contributed by atoms with van der Waals surface area (Å²) >= 11 is 0. The Morgan fingerprint density at radius 1 is 1.16 bits per heavy atom. The maximum absolute atomic E-state index is 10.6. The lowest BCUT2D eigenvalue weighted by Gasteiger charge is -2.06. The first kappa shape index (κ1) is 13.1. The molecule has 0 aliphatic carbocycles. The van der Waals surface area contributed by atoms with Gasteiger partial charge in [-0.25, -0.2) is 9.78 Å². The van der Waals surface area contributed by atoms with Crippen LogP contribution in [0.4, 0.5) is 0 Å². The third kappa shape index (κ3) is 3.55. The van der Waals surface area contributed by atoms with Crippen LogP contribution in [0.25, 0.3) is 0 Å². The predicted octanol–water partition coefficient (Wildman–Crippen LogP) is 2.92. The van der Waals surface area contributed by atoms with Crippen molar-refractivity contribution in [2.45, 2.75) is 20.0 Å². The molecule has 4 nitrogen and oxygen atoms in total. The summed E-state index contributed by atoms with van der Waals surface area (Å²) in [5, 5.41) is 8.73. The minimum atomic E-state index is -1.04. The van der Waals surface area contributed by atoms with Crippen LogP contribution >= 0.6 is 0 Å². The van der Waals surface area contributed by atoms with Crippen molar-refractivity contribution in [3.8, 4) is 5.75 Å².